The van der Waals surface area contributed by atoms with Gasteiger partial charge < -0.3 is 15.6 Å². The van der Waals surface area contributed by atoms with Crippen molar-refractivity contribution in [2.75, 3.05) is 7.05 Å². The van der Waals surface area contributed by atoms with E-state index in [1.54, 1.807) is 25.7 Å². The zero-order chi connectivity index (χ0) is 22.1. The van der Waals surface area contributed by atoms with Gasteiger partial charge in [0.1, 0.15) is 11.6 Å². The number of aromatic nitrogens is 3. The van der Waals surface area contributed by atoms with Gasteiger partial charge >= 0.3 is 0 Å². The highest BCUT2D eigenvalue weighted by Gasteiger charge is 2.37. The van der Waals surface area contributed by atoms with E-state index in [1.807, 2.05) is 24.3 Å². The number of fused-ring (bicyclic) bond motifs is 1. The lowest BCUT2D eigenvalue weighted by Crippen LogP contribution is -2.47. The van der Waals surface area contributed by atoms with Crippen LogP contribution in [0.25, 0.3) is 11.2 Å². The topological polar surface area (TPSA) is 112 Å². The van der Waals surface area contributed by atoms with E-state index in [2.05, 4.69) is 30.6 Å². The molecule has 1 atom stereocenters. The maximum absolute atomic E-state index is 13.1. The molecule has 2 aliphatic carbocycles. The molecule has 0 unspecified atom stereocenters. The van der Waals surface area contributed by atoms with E-state index in [4.69, 9.17) is 0 Å². The Kier molecular flexibility index (Phi) is 5.43. The van der Waals surface area contributed by atoms with Crippen molar-refractivity contribution in [1.82, 2.24) is 25.6 Å². The second kappa shape index (κ2) is 8.53. The second-order valence-corrected chi connectivity index (χ2v) is 8.61. The molecule has 8 nitrogen and oxygen atoms in total. The molecule has 2 fully saturated rings. The molecule has 2 heterocycles. The van der Waals surface area contributed by atoms with Crippen LogP contribution in [0, 0.1) is 5.92 Å². The van der Waals surface area contributed by atoms with Gasteiger partial charge in [0.25, 0.3) is 5.91 Å². The molecule has 164 valence electrons. The molecule has 1 aromatic carbocycles. The third-order valence-corrected chi connectivity index (χ3v) is 6.00. The highest BCUT2D eigenvalue weighted by Crippen LogP contribution is 2.39. The van der Waals surface area contributed by atoms with Gasteiger partial charge in [-0.2, -0.15) is 0 Å². The van der Waals surface area contributed by atoms with E-state index in [0.29, 0.717) is 29.2 Å². The van der Waals surface area contributed by atoms with Gasteiger partial charge in [-0.25, -0.2) is 9.97 Å². The first kappa shape index (κ1) is 20.4. The monoisotopic (exact) mass is 430 g/mol. The average molecular weight is 431 g/mol. The number of hydrogen-bond donors (Lipinski definition) is 3. The summed E-state index contributed by atoms with van der Waals surface area (Å²) in [4.78, 5) is 42.1. The number of nitrogens with zero attached hydrogens (tertiary/aromatic N) is 3. The highest BCUT2D eigenvalue weighted by molar-refractivity contribution is 6.06. The minimum atomic E-state index is -0.563. The van der Waals surface area contributed by atoms with Gasteiger partial charge in [0, 0.05) is 31.9 Å². The van der Waals surface area contributed by atoms with Crippen LogP contribution in [0.15, 0.2) is 41.7 Å². The number of aliphatic imine (C=N–C) groups is 1. The zero-order valence-corrected chi connectivity index (χ0v) is 18.0. The summed E-state index contributed by atoms with van der Waals surface area (Å²) in [6.07, 6.45) is 9.27. The molecule has 3 aromatic rings. The molecule has 2 aromatic heterocycles. The lowest BCUT2D eigenvalue weighted by atomic mass is 10.1. The number of H-pyrrole nitrogens is 1. The quantitative estimate of drug-likeness (QED) is 0.477. The summed E-state index contributed by atoms with van der Waals surface area (Å²) >= 11 is 0. The van der Waals surface area contributed by atoms with Crippen molar-refractivity contribution in [3.05, 3.63) is 59.0 Å². The summed E-state index contributed by atoms with van der Waals surface area (Å²) < 4.78 is 0. The molecule has 0 bridgehead atoms. The van der Waals surface area contributed by atoms with Crippen molar-refractivity contribution in [2.45, 2.75) is 44.2 Å². The predicted octanol–water partition coefficient (Wildman–Crippen LogP) is 2.71. The Hall–Kier alpha value is -3.55. The molecule has 2 amide bonds. The SMILES string of the molecule is CN=Cc1cccc(CNC(=O)[C@H](NC(=O)c2c[nH]c3ncc(C4CC4)nc23)C2CC2)c1. The van der Waals surface area contributed by atoms with E-state index in [1.165, 1.54) is 0 Å². The van der Waals surface area contributed by atoms with Crippen molar-refractivity contribution >= 4 is 29.2 Å². The highest BCUT2D eigenvalue weighted by atomic mass is 16.2. The summed E-state index contributed by atoms with van der Waals surface area (Å²) in [6, 6.07) is 7.28. The fourth-order valence-corrected chi connectivity index (χ4v) is 3.93. The van der Waals surface area contributed by atoms with E-state index in [9.17, 15) is 9.59 Å². The number of nitrogens with one attached hydrogen (secondary N) is 3. The predicted molar refractivity (Wildman–Crippen MR) is 122 cm³/mol. The van der Waals surface area contributed by atoms with Crippen molar-refractivity contribution < 1.29 is 9.59 Å². The van der Waals surface area contributed by atoms with Crippen LogP contribution in [-0.4, -0.2) is 46.1 Å². The van der Waals surface area contributed by atoms with Crippen LogP contribution in [0.2, 0.25) is 0 Å². The Labute approximate surface area is 186 Å². The Morgan fingerprint density at radius 2 is 2.12 bits per heavy atom. The lowest BCUT2D eigenvalue weighted by molar-refractivity contribution is -0.123. The van der Waals surface area contributed by atoms with Crippen LogP contribution in [0.3, 0.4) is 0 Å². The molecule has 2 aliphatic rings. The number of rotatable bonds is 8. The van der Waals surface area contributed by atoms with Crippen LogP contribution in [0.5, 0.6) is 0 Å². The zero-order valence-electron chi connectivity index (χ0n) is 18.0. The van der Waals surface area contributed by atoms with Gasteiger partial charge in [-0.15, -0.1) is 0 Å². The molecule has 0 saturated heterocycles. The fourth-order valence-electron chi connectivity index (χ4n) is 3.93. The first-order valence-corrected chi connectivity index (χ1v) is 11.1. The smallest absolute Gasteiger partial charge is 0.255 e. The van der Waals surface area contributed by atoms with Gasteiger partial charge in [0.2, 0.25) is 5.91 Å². The number of benzene rings is 1. The molecule has 2 saturated carbocycles. The van der Waals surface area contributed by atoms with Crippen LogP contribution in [-0.2, 0) is 11.3 Å². The van der Waals surface area contributed by atoms with Gasteiger partial charge in [0.05, 0.1) is 17.5 Å². The summed E-state index contributed by atoms with van der Waals surface area (Å²) in [5, 5.41) is 5.92. The fraction of sp³-hybridized carbons (Fsp3) is 0.375. The first-order valence-electron chi connectivity index (χ1n) is 11.1. The van der Waals surface area contributed by atoms with Crippen LogP contribution < -0.4 is 10.6 Å². The second-order valence-electron chi connectivity index (χ2n) is 8.61. The Morgan fingerprint density at radius 3 is 2.88 bits per heavy atom. The molecule has 0 spiro atoms. The first-order chi connectivity index (χ1) is 15.6. The largest absolute Gasteiger partial charge is 0.350 e. The van der Waals surface area contributed by atoms with Crippen molar-refractivity contribution in [3.8, 4) is 0 Å². The van der Waals surface area contributed by atoms with E-state index >= 15 is 0 Å². The molecule has 0 radical (unpaired) electrons. The van der Waals surface area contributed by atoms with Gasteiger partial charge in [-0.1, -0.05) is 18.2 Å². The van der Waals surface area contributed by atoms with Gasteiger partial charge in [0.15, 0.2) is 5.65 Å². The van der Waals surface area contributed by atoms with Gasteiger partial charge in [-0.05, 0) is 48.8 Å². The molecule has 5 rings (SSSR count). The van der Waals surface area contributed by atoms with Gasteiger partial charge in [-0.3, -0.25) is 14.6 Å². The normalized spacial score (nSPS) is 16.9. The van der Waals surface area contributed by atoms with E-state index in [0.717, 1.165) is 42.5 Å². The number of carbonyl (C=O) groups excluding carboxylic acids is 2. The number of aromatic amines is 1. The third-order valence-electron chi connectivity index (χ3n) is 6.00. The van der Waals surface area contributed by atoms with Crippen molar-refractivity contribution in [1.29, 1.82) is 0 Å². The number of carbonyl (C=O) groups is 2. The molecule has 8 heteroatoms. The summed E-state index contributed by atoms with van der Waals surface area (Å²) in [6.45, 7) is 0.395. The maximum Gasteiger partial charge on any atom is 0.255 e. The van der Waals surface area contributed by atoms with E-state index < -0.39 is 6.04 Å². The molecule has 32 heavy (non-hydrogen) atoms. The van der Waals surface area contributed by atoms with Crippen LogP contribution in [0.1, 0.15) is 58.8 Å². The number of hydrogen-bond acceptors (Lipinski definition) is 5. The molecular weight excluding hydrogens is 404 g/mol. The third kappa shape index (κ3) is 4.39. The Balaban J connectivity index is 1.28. The number of amides is 2. The molecule has 0 aliphatic heterocycles. The maximum atomic E-state index is 13.1. The Bertz CT molecular complexity index is 1190. The lowest BCUT2D eigenvalue weighted by Gasteiger charge is -2.18. The minimum absolute atomic E-state index is 0.163. The van der Waals surface area contributed by atoms with Crippen LogP contribution >= 0.6 is 0 Å². The average Bonchev–Trinajstić information content (AvgIpc) is 3.73. The molecular formula is C24H26N6O2. The van der Waals surface area contributed by atoms with E-state index in [-0.39, 0.29) is 17.7 Å². The standard InChI is InChI=1S/C24H26N6O2/c1-25-10-14-3-2-4-15(9-14)11-28-24(32)20(17-7-8-17)30-23(31)18-12-26-22-21(18)29-19(13-27-22)16-5-6-16/h2-4,9-10,12-13,16-17,20H,5-8,11H2,1H3,(H,26,27)(H,28,32)(H,30,31)/t20-/m1/s1. The molecule has 3 N–H and O–H groups in total. The Morgan fingerprint density at radius 1 is 1.28 bits per heavy atom. The summed E-state index contributed by atoms with van der Waals surface area (Å²) in [5.41, 5.74) is 4.48. The minimum Gasteiger partial charge on any atom is -0.350 e. The van der Waals surface area contributed by atoms with Crippen molar-refractivity contribution in [2.24, 2.45) is 10.9 Å². The summed E-state index contributed by atoms with van der Waals surface area (Å²) in [5.74, 6) is 0.146. The van der Waals surface area contributed by atoms with Crippen LogP contribution in [0.4, 0.5) is 0 Å². The van der Waals surface area contributed by atoms with Crippen molar-refractivity contribution in [3.63, 3.8) is 0 Å². The summed E-state index contributed by atoms with van der Waals surface area (Å²) in [7, 11) is 1.73.